The Hall–Kier alpha value is -3.50. The van der Waals surface area contributed by atoms with Gasteiger partial charge in [-0.3, -0.25) is 9.59 Å². The highest BCUT2D eigenvalue weighted by Crippen LogP contribution is 2.30. The van der Waals surface area contributed by atoms with Crippen molar-refractivity contribution in [1.82, 2.24) is 34.7 Å². The van der Waals surface area contributed by atoms with Crippen LogP contribution in [0.2, 0.25) is 0 Å². The number of aromatic nitrogens is 5. The smallest absolute Gasteiger partial charge is 0.281 e. The number of hydrogen-bond acceptors (Lipinski definition) is 11. The van der Waals surface area contributed by atoms with Crippen LogP contribution in [-0.4, -0.2) is 132 Å². The number of ether oxygens (including phenoxy) is 1. The monoisotopic (exact) mass is 626 g/mol. The van der Waals surface area contributed by atoms with Crippen molar-refractivity contribution in [3.05, 3.63) is 11.9 Å². The van der Waals surface area contributed by atoms with Crippen molar-refractivity contribution in [3.63, 3.8) is 0 Å². The van der Waals surface area contributed by atoms with Gasteiger partial charge in [-0.15, -0.1) is 11.6 Å². The van der Waals surface area contributed by atoms with E-state index in [1.807, 2.05) is 9.80 Å². The maximum absolute atomic E-state index is 13.9. The molecule has 3 aliphatic heterocycles. The van der Waals surface area contributed by atoms with Gasteiger partial charge in [-0.25, -0.2) is 18.7 Å². The third kappa shape index (κ3) is 8.12. The van der Waals surface area contributed by atoms with Crippen LogP contribution in [0.15, 0.2) is 6.20 Å². The molecule has 0 unspecified atom stereocenters. The lowest BCUT2D eigenvalue weighted by Gasteiger charge is -2.36. The van der Waals surface area contributed by atoms with Crippen molar-refractivity contribution in [2.24, 2.45) is 5.92 Å². The van der Waals surface area contributed by atoms with Crippen LogP contribution in [-0.2, 0) is 14.3 Å². The first-order chi connectivity index (χ1) is 20.8. The summed E-state index contributed by atoms with van der Waals surface area (Å²) in [5.74, 6) is 0.279. The van der Waals surface area contributed by atoms with Gasteiger partial charge in [0.1, 0.15) is 5.69 Å². The lowest BCUT2D eigenvalue weighted by Crippen LogP contribution is -2.86. The molecule has 3 aliphatic rings. The fourth-order valence-electron chi connectivity index (χ4n) is 5.29. The van der Waals surface area contributed by atoms with Gasteiger partial charge in [0.05, 0.1) is 38.4 Å². The van der Waals surface area contributed by atoms with E-state index < -0.39 is 12.1 Å². The fourth-order valence-corrected chi connectivity index (χ4v) is 5.29. The Morgan fingerprint density at radius 2 is 1.63 bits per heavy atom. The van der Waals surface area contributed by atoms with E-state index in [0.29, 0.717) is 64.4 Å². The molecule has 43 heavy (non-hydrogen) atoms. The van der Waals surface area contributed by atoms with E-state index in [2.05, 4.69) is 41.8 Å². The summed E-state index contributed by atoms with van der Waals surface area (Å²) in [6, 6.07) is 0. The van der Waals surface area contributed by atoms with Gasteiger partial charge < -0.3 is 35.4 Å². The molecule has 0 saturated carbocycles. The van der Waals surface area contributed by atoms with Gasteiger partial charge in [-0.1, -0.05) is 0 Å². The van der Waals surface area contributed by atoms with E-state index in [0.717, 1.165) is 25.9 Å². The maximum Gasteiger partial charge on any atom is 0.281 e. The molecule has 3 saturated heterocycles. The highest BCUT2D eigenvalue weighted by molar-refractivity contribution is 6.15. The third-order valence-corrected chi connectivity index (χ3v) is 7.64. The van der Waals surface area contributed by atoms with Crippen LogP contribution in [0.25, 0.3) is 11.4 Å². The van der Waals surface area contributed by atoms with Gasteiger partial charge in [0, 0.05) is 77.7 Å². The second kappa shape index (κ2) is 15.3. The third-order valence-electron chi connectivity index (χ3n) is 7.64. The molecule has 236 valence electrons. The molecule has 4 N–H and O–H groups in total. The fraction of sp³-hybridized carbons (Fsp3) is 0.654. The van der Waals surface area contributed by atoms with E-state index in [1.165, 1.54) is 17.5 Å². The molecule has 5 rings (SSSR count). The second-order valence-corrected chi connectivity index (χ2v) is 10.4. The predicted octanol–water partition coefficient (Wildman–Crippen LogP) is -0.380. The van der Waals surface area contributed by atoms with Gasteiger partial charge in [0.2, 0.25) is 29.7 Å². The molecule has 0 aromatic carbocycles. The molecule has 2 aromatic heterocycles. The van der Waals surface area contributed by atoms with Gasteiger partial charge in [0.25, 0.3) is 6.43 Å². The molecule has 0 atom stereocenters. The molecule has 0 spiro atoms. The topological polar surface area (TPSA) is 163 Å². The van der Waals surface area contributed by atoms with Crippen LogP contribution in [0, 0.1) is 5.92 Å². The number of nitrogens with zero attached hydrogens (tertiary/aromatic N) is 9. The number of piperidine rings is 1. The van der Waals surface area contributed by atoms with Crippen molar-refractivity contribution in [2.45, 2.75) is 19.3 Å². The number of carbonyl (C=O) groups is 2. The summed E-state index contributed by atoms with van der Waals surface area (Å²) >= 11 is 4.64. The van der Waals surface area contributed by atoms with Crippen LogP contribution in [0.1, 0.15) is 25.0 Å². The molecular weight excluding hydrogens is 588 g/mol. The molecule has 0 bridgehead atoms. The molecule has 3 fully saturated rings. The summed E-state index contributed by atoms with van der Waals surface area (Å²) in [6.07, 6.45) is 1.43. The number of piperazine rings is 1. The van der Waals surface area contributed by atoms with Crippen LogP contribution in [0.5, 0.6) is 0 Å². The standard InChI is InChI=1S/C25H35F2N11O3.CH3Cl/c1-35(22(40)16-2-4-29-5-3-16)15-18(39)36-6-8-37(9-7-36)24-32-21(17-14-30-23(28)31-19(17)20(26)27)33-25(34-24)38-10-12-41-13-11-38;1-2/h14,16,20,29H,2-13,15H2,1H3,(H2,28,30,31);1H3/p+1. The largest absolute Gasteiger partial charge is 0.378 e. The summed E-state index contributed by atoms with van der Waals surface area (Å²) in [7, 11) is 1.68. The molecular formula is C26H39ClF2N11O3+. The molecule has 17 heteroatoms. The summed E-state index contributed by atoms with van der Waals surface area (Å²) in [6.45, 7) is 5.60. The number of alkyl halides is 3. The van der Waals surface area contributed by atoms with Gasteiger partial charge in [0.15, 0.2) is 5.82 Å². The average Bonchev–Trinajstić information content (AvgIpc) is 3.05. The number of rotatable bonds is 7. The Morgan fingerprint density at radius 3 is 2.23 bits per heavy atom. The molecule has 5 heterocycles. The van der Waals surface area contributed by atoms with E-state index in [4.69, 9.17) is 10.5 Å². The van der Waals surface area contributed by atoms with E-state index >= 15 is 0 Å². The summed E-state index contributed by atoms with van der Waals surface area (Å²) in [4.78, 5) is 54.1. The minimum Gasteiger partial charge on any atom is -0.378 e. The van der Waals surface area contributed by atoms with Crippen LogP contribution < -0.4 is 20.9 Å². The minimum atomic E-state index is -2.90. The molecule has 14 nitrogen and oxygen atoms in total. The summed E-state index contributed by atoms with van der Waals surface area (Å²) < 4.78 is 33.1. The predicted molar refractivity (Wildman–Crippen MR) is 156 cm³/mol. The number of nitrogens with two attached hydrogens (primary N) is 2. The lowest BCUT2D eigenvalue weighted by atomic mass is 9.97. The number of quaternary nitrogens is 1. The Morgan fingerprint density at radius 1 is 1.02 bits per heavy atom. The molecule has 2 amide bonds. The van der Waals surface area contributed by atoms with Crippen molar-refractivity contribution < 1.29 is 28.4 Å². The van der Waals surface area contributed by atoms with Gasteiger partial charge >= 0.3 is 0 Å². The van der Waals surface area contributed by atoms with Crippen molar-refractivity contribution in [1.29, 1.82) is 0 Å². The number of likely N-dealkylation sites (N-methyl/N-ethyl adjacent to an activating group) is 1. The summed E-state index contributed by atoms with van der Waals surface area (Å²) in [5, 5.41) is 2.20. The normalized spacial score (nSPS) is 17.9. The van der Waals surface area contributed by atoms with E-state index in [9.17, 15) is 18.4 Å². The number of carbonyl (C=O) groups excluding carboxylic acids is 2. The molecule has 0 aliphatic carbocycles. The Bertz CT molecular complexity index is 1240. The van der Waals surface area contributed by atoms with E-state index in [1.54, 1.807) is 11.9 Å². The number of hydrogen-bond donors (Lipinski definition) is 2. The second-order valence-electron chi connectivity index (χ2n) is 10.4. The zero-order chi connectivity index (χ0) is 30.9. The minimum absolute atomic E-state index is 0.0192. The van der Waals surface area contributed by atoms with Crippen LogP contribution in [0.4, 0.5) is 26.6 Å². The SMILES string of the molecule is CCl.CN(CC(=O)N1CCN(c2nc(-c3cnc(N)nc3C(F)F)nc(N3CCOCC3)n2)CC1)C(=O)C1CC[NH2+]CC1. The first-order valence-electron chi connectivity index (χ1n) is 14.3. The Labute approximate surface area is 254 Å². The van der Waals surface area contributed by atoms with Crippen molar-refractivity contribution >= 4 is 41.3 Å². The average molecular weight is 627 g/mol. The first kappa shape index (κ1) is 32.4. The Kier molecular flexibility index (Phi) is 11.5. The van der Waals surface area contributed by atoms with Gasteiger partial charge in [-0.05, 0) is 0 Å². The van der Waals surface area contributed by atoms with Crippen molar-refractivity contribution in [2.75, 3.05) is 101 Å². The van der Waals surface area contributed by atoms with Crippen LogP contribution in [0.3, 0.4) is 0 Å². The van der Waals surface area contributed by atoms with Crippen LogP contribution >= 0.6 is 11.6 Å². The zero-order valence-electron chi connectivity index (χ0n) is 24.5. The first-order valence-corrected chi connectivity index (χ1v) is 15.0. The lowest BCUT2D eigenvalue weighted by molar-refractivity contribution is -0.664. The van der Waals surface area contributed by atoms with Gasteiger partial charge in [-0.2, -0.15) is 15.0 Å². The van der Waals surface area contributed by atoms with Crippen molar-refractivity contribution in [3.8, 4) is 11.4 Å². The molecule has 0 radical (unpaired) electrons. The maximum atomic E-state index is 13.9. The number of nitrogen functional groups attached to an aromatic ring is 1. The highest BCUT2D eigenvalue weighted by atomic mass is 35.5. The zero-order valence-corrected chi connectivity index (χ0v) is 25.2. The number of amides is 2. The quantitative estimate of drug-likeness (QED) is 0.385. The van der Waals surface area contributed by atoms with E-state index in [-0.39, 0.29) is 41.6 Å². The highest BCUT2D eigenvalue weighted by Gasteiger charge is 2.30. The molecule has 2 aromatic rings. The number of anilines is 3. The number of halogens is 3. The number of morpholine rings is 1. The summed E-state index contributed by atoms with van der Waals surface area (Å²) in [5.41, 5.74) is 4.99. The Balaban J connectivity index is 0.00000207.